The first-order valence-corrected chi connectivity index (χ1v) is 6.33. The molecule has 0 N–H and O–H groups in total. The average molecular weight is 257 g/mol. The van der Waals surface area contributed by atoms with Crippen molar-refractivity contribution in [1.29, 1.82) is 0 Å². The van der Waals surface area contributed by atoms with Gasteiger partial charge in [0.1, 0.15) is 15.6 Å². The van der Waals surface area contributed by atoms with Crippen LogP contribution in [0.15, 0.2) is 11.4 Å². The Kier molecular flexibility index (Phi) is 3.15. The molecule has 0 fully saturated rings. The Morgan fingerprint density at radius 2 is 2.25 bits per heavy atom. The number of thiophene rings is 1. The Morgan fingerprint density at radius 1 is 1.50 bits per heavy atom. The van der Waals surface area contributed by atoms with Crippen LogP contribution in [0.1, 0.15) is 26.1 Å². The van der Waals surface area contributed by atoms with Crippen LogP contribution in [-0.4, -0.2) is 17.1 Å². The van der Waals surface area contributed by atoms with Crippen molar-refractivity contribution in [3.8, 4) is 0 Å². The van der Waals surface area contributed by atoms with Crippen molar-refractivity contribution in [2.45, 2.75) is 25.9 Å². The van der Waals surface area contributed by atoms with Crippen molar-refractivity contribution in [2.24, 2.45) is 0 Å². The maximum Gasteiger partial charge on any atom is 0.163 e. The maximum atomic E-state index is 6.12. The summed E-state index contributed by atoms with van der Waals surface area (Å²) in [4.78, 5) is 9.74. The van der Waals surface area contributed by atoms with E-state index in [1.807, 2.05) is 25.3 Å². The summed E-state index contributed by atoms with van der Waals surface area (Å²) in [5.41, 5.74) is -0.470. The Morgan fingerprint density at radius 3 is 2.88 bits per heavy atom. The monoisotopic (exact) mass is 256 g/mol. The summed E-state index contributed by atoms with van der Waals surface area (Å²) in [7, 11) is 1.67. The van der Waals surface area contributed by atoms with Crippen molar-refractivity contribution in [3.63, 3.8) is 0 Å². The molecule has 86 valence electrons. The van der Waals surface area contributed by atoms with Gasteiger partial charge < -0.3 is 4.74 Å². The molecule has 2 aromatic heterocycles. The smallest absolute Gasteiger partial charge is 0.163 e. The number of methoxy groups -OCH3 is 1. The summed E-state index contributed by atoms with van der Waals surface area (Å²) in [6.07, 6.45) is 0.802. The fourth-order valence-electron chi connectivity index (χ4n) is 1.45. The Hall–Kier alpha value is -0.710. The maximum absolute atomic E-state index is 6.12. The van der Waals surface area contributed by atoms with E-state index in [0.717, 1.165) is 16.6 Å². The van der Waals surface area contributed by atoms with Crippen molar-refractivity contribution in [2.75, 3.05) is 7.11 Å². The highest BCUT2D eigenvalue weighted by atomic mass is 35.5. The van der Waals surface area contributed by atoms with Gasteiger partial charge in [0.15, 0.2) is 5.82 Å². The van der Waals surface area contributed by atoms with E-state index >= 15 is 0 Å². The predicted octanol–water partition coefficient (Wildman–Crippen LogP) is 3.62. The first kappa shape index (κ1) is 11.8. The van der Waals surface area contributed by atoms with Gasteiger partial charge in [-0.05, 0) is 24.8 Å². The molecule has 0 radical (unpaired) electrons. The molecule has 1 atom stereocenters. The topological polar surface area (TPSA) is 35.0 Å². The molecule has 0 aliphatic carbocycles. The molecule has 0 saturated heterocycles. The Bertz CT molecular complexity index is 508. The molecule has 0 bridgehead atoms. The van der Waals surface area contributed by atoms with Crippen LogP contribution < -0.4 is 0 Å². The number of hydrogen-bond acceptors (Lipinski definition) is 4. The molecule has 0 amide bonds. The second kappa shape index (κ2) is 4.28. The standard InChI is InChI=1S/C11H13ClN2OS/c1-4-11(2,15-3)10-13-8(12)7-5-6-16-9(7)14-10/h5-6H,4H2,1-3H3. The number of hydrogen-bond donors (Lipinski definition) is 0. The molecule has 2 rings (SSSR count). The van der Waals surface area contributed by atoms with Gasteiger partial charge in [-0.1, -0.05) is 18.5 Å². The summed E-state index contributed by atoms with van der Waals surface area (Å²) in [6, 6.07) is 1.93. The molecule has 16 heavy (non-hydrogen) atoms. The lowest BCUT2D eigenvalue weighted by Crippen LogP contribution is -2.26. The fourth-order valence-corrected chi connectivity index (χ4v) is 2.50. The highest BCUT2D eigenvalue weighted by molar-refractivity contribution is 7.16. The SMILES string of the molecule is CCC(C)(OC)c1nc(Cl)c2ccsc2n1. The zero-order valence-corrected chi connectivity index (χ0v) is 11.0. The summed E-state index contributed by atoms with van der Waals surface area (Å²) < 4.78 is 5.47. The third-order valence-electron chi connectivity index (χ3n) is 2.88. The minimum atomic E-state index is -0.470. The van der Waals surface area contributed by atoms with Crippen molar-refractivity contribution >= 4 is 33.2 Å². The van der Waals surface area contributed by atoms with E-state index in [4.69, 9.17) is 16.3 Å². The molecule has 5 heteroatoms. The average Bonchev–Trinajstić information content (AvgIpc) is 2.76. The molecular weight excluding hydrogens is 244 g/mol. The second-order valence-corrected chi connectivity index (χ2v) is 5.02. The lowest BCUT2D eigenvalue weighted by atomic mass is 10.0. The normalized spacial score (nSPS) is 15.2. The first-order valence-electron chi connectivity index (χ1n) is 5.07. The highest BCUT2D eigenvalue weighted by Gasteiger charge is 2.28. The molecule has 0 aromatic carbocycles. The van der Waals surface area contributed by atoms with Crippen LogP contribution in [0, 0.1) is 0 Å². The van der Waals surface area contributed by atoms with Crippen molar-refractivity contribution in [1.82, 2.24) is 9.97 Å². The van der Waals surface area contributed by atoms with E-state index in [1.165, 1.54) is 0 Å². The van der Waals surface area contributed by atoms with Gasteiger partial charge in [-0.3, -0.25) is 0 Å². The molecule has 2 heterocycles. The summed E-state index contributed by atoms with van der Waals surface area (Å²) in [6.45, 7) is 4.01. The quantitative estimate of drug-likeness (QED) is 0.787. The van der Waals surface area contributed by atoms with Gasteiger partial charge in [-0.15, -0.1) is 11.3 Å². The molecule has 0 spiro atoms. The van der Waals surface area contributed by atoms with Crippen molar-refractivity contribution < 1.29 is 4.74 Å². The van der Waals surface area contributed by atoms with Crippen LogP contribution in [-0.2, 0) is 10.3 Å². The van der Waals surface area contributed by atoms with Crippen LogP contribution in [0.25, 0.3) is 10.2 Å². The zero-order chi connectivity index (χ0) is 11.8. The van der Waals surface area contributed by atoms with E-state index in [9.17, 15) is 0 Å². The molecule has 3 nitrogen and oxygen atoms in total. The van der Waals surface area contributed by atoms with Gasteiger partial charge in [0.05, 0.1) is 0 Å². The van der Waals surface area contributed by atoms with Gasteiger partial charge >= 0.3 is 0 Å². The van der Waals surface area contributed by atoms with E-state index in [-0.39, 0.29) is 0 Å². The predicted molar refractivity (Wildman–Crippen MR) is 67.1 cm³/mol. The molecule has 0 aliphatic heterocycles. The largest absolute Gasteiger partial charge is 0.371 e. The minimum absolute atomic E-state index is 0.470. The van der Waals surface area contributed by atoms with Crippen LogP contribution in [0.4, 0.5) is 0 Å². The van der Waals surface area contributed by atoms with Gasteiger partial charge in [-0.25, -0.2) is 9.97 Å². The number of ether oxygens (including phenoxy) is 1. The van der Waals surface area contributed by atoms with Gasteiger partial charge in [0, 0.05) is 12.5 Å². The molecule has 1 unspecified atom stereocenters. The van der Waals surface area contributed by atoms with E-state index in [0.29, 0.717) is 11.0 Å². The van der Waals surface area contributed by atoms with Crippen LogP contribution in [0.5, 0.6) is 0 Å². The number of rotatable bonds is 3. The zero-order valence-electron chi connectivity index (χ0n) is 9.45. The molecule has 0 aliphatic rings. The second-order valence-electron chi connectivity index (χ2n) is 3.77. The van der Waals surface area contributed by atoms with Gasteiger partial charge in [-0.2, -0.15) is 0 Å². The summed E-state index contributed by atoms with van der Waals surface area (Å²) >= 11 is 7.69. The lowest BCUT2D eigenvalue weighted by molar-refractivity contribution is -0.00864. The molecular formula is C11H13ClN2OS. The van der Waals surface area contributed by atoms with E-state index < -0.39 is 5.60 Å². The van der Waals surface area contributed by atoms with Gasteiger partial charge in [0.25, 0.3) is 0 Å². The van der Waals surface area contributed by atoms with E-state index in [1.54, 1.807) is 18.4 Å². The molecule has 0 saturated carbocycles. The van der Waals surface area contributed by atoms with Crippen molar-refractivity contribution in [3.05, 3.63) is 22.4 Å². The Balaban J connectivity index is 2.61. The summed E-state index contributed by atoms with van der Waals surface area (Å²) in [5.74, 6) is 0.650. The lowest BCUT2D eigenvalue weighted by Gasteiger charge is -2.24. The fraction of sp³-hybridized carbons (Fsp3) is 0.455. The third-order valence-corrected chi connectivity index (χ3v) is 3.97. The number of fused-ring (bicyclic) bond motifs is 1. The Labute approximate surface area is 103 Å². The van der Waals surface area contributed by atoms with Crippen LogP contribution >= 0.6 is 22.9 Å². The number of nitrogens with zero attached hydrogens (tertiary/aromatic N) is 2. The molecule has 2 aromatic rings. The third kappa shape index (κ3) is 1.81. The highest BCUT2D eigenvalue weighted by Crippen LogP contribution is 2.31. The van der Waals surface area contributed by atoms with E-state index in [2.05, 4.69) is 9.97 Å². The first-order chi connectivity index (χ1) is 7.60. The van der Waals surface area contributed by atoms with Crippen LogP contribution in [0.3, 0.4) is 0 Å². The minimum Gasteiger partial charge on any atom is -0.371 e. The summed E-state index contributed by atoms with van der Waals surface area (Å²) in [5, 5.41) is 3.37. The van der Waals surface area contributed by atoms with Crippen LogP contribution in [0.2, 0.25) is 5.15 Å². The number of halogens is 1. The van der Waals surface area contributed by atoms with Gasteiger partial charge in [0.2, 0.25) is 0 Å². The number of aromatic nitrogens is 2.